The van der Waals surface area contributed by atoms with Gasteiger partial charge in [-0.05, 0) is 5.56 Å². The molecule has 15 heavy (non-hydrogen) atoms. The monoisotopic (exact) mass is 201 g/mol. The van der Waals surface area contributed by atoms with Crippen molar-refractivity contribution in [2.24, 2.45) is 7.05 Å². The van der Waals surface area contributed by atoms with Gasteiger partial charge in [-0.15, -0.1) is 0 Å². The highest BCUT2D eigenvalue weighted by Crippen LogP contribution is 1.99. The van der Waals surface area contributed by atoms with Crippen molar-refractivity contribution < 1.29 is 4.57 Å². The second kappa shape index (κ2) is 4.09. The van der Waals surface area contributed by atoms with E-state index in [1.165, 1.54) is 0 Å². The third-order valence-electron chi connectivity index (χ3n) is 2.32. The Morgan fingerprint density at radius 3 is 2.67 bits per heavy atom. The lowest BCUT2D eigenvalue weighted by atomic mass is 10.2. The van der Waals surface area contributed by atoms with Gasteiger partial charge in [-0.2, -0.15) is 9.36 Å². The molecule has 0 amide bonds. The lowest BCUT2D eigenvalue weighted by Gasteiger charge is -1.99. The van der Waals surface area contributed by atoms with E-state index < -0.39 is 0 Å². The molecule has 0 unspecified atom stereocenters. The summed E-state index contributed by atoms with van der Waals surface area (Å²) in [6.45, 7) is 0.619. The van der Waals surface area contributed by atoms with E-state index in [0.29, 0.717) is 6.54 Å². The van der Waals surface area contributed by atoms with Crippen LogP contribution in [0.1, 0.15) is 5.56 Å². The molecule has 0 aliphatic heterocycles. The fourth-order valence-electron chi connectivity index (χ4n) is 1.50. The van der Waals surface area contributed by atoms with Gasteiger partial charge < -0.3 is 0 Å². The molecule has 0 bridgehead atoms. The van der Waals surface area contributed by atoms with Crippen molar-refractivity contribution in [1.82, 2.24) is 4.57 Å². The normalized spacial score (nSPS) is 10.2. The minimum Gasteiger partial charge on any atom is -0.201 e. The summed E-state index contributed by atoms with van der Waals surface area (Å²) in [5, 5.41) is 0. The third-order valence-corrected chi connectivity index (χ3v) is 2.32. The average molecular weight is 201 g/mol. The number of aryl methyl sites for hydroxylation is 1. The van der Waals surface area contributed by atoms with Crippen molar-refractivity contribution in [2.75, 3.05) is 0 Å². The fraction of sp³-hybridized carbons (Fsp3) is 0.167. The zero-order valence-electron chi connectivity index (χ0n) is 8.63. The summed E-state index contributed by atoms with van der Waals surface area (Å²) in [5.74, 6) is 0. The number of nitrogens with zero attached hydrogens (tertiary/aromatic N) is 2. The maximum atomic E-state index is 11.7. The van der Waals surface area contributed by atoms with Gasteiger partial charge in [0.1, 0.15) is 6.54 Å². The number of rotatable bonds is 2. The van der Waals surface area contributed by atoms with Crippen molar-refractivity contribution >= 4 is 0 Å². The van der Waals surface area contributed by atoms with Crippen LogP contribution in [0.4, 0.5) is 0 Å². The van der Waals surface area contributed by atoms with Crippen molar-refractivity contribution in [3.05, 3.63) is 64.8 Å². The van der Waals surface area contributed by atoms with Crippen LogP contribution >= 0.6 is 0 Å². The summed E-state index contributed by atoms with van der Waals surface area (Å²) in [5.41, 5.74) is 1.13. The highest BCUT2D eigenvalue weighted by atomic mass is 16.1. The number of aromatic nitrogens is 2. The van der Waals surface area contributed by atoms with Gasteiger partial charge in [0, 0.05) is 6.07 Å². The highest BCUT2D eigenvalue weighted by Gasteiger charge is 2.06. The molecule has 1 aromatic heterocycles. The average Bonchev–Trinajstić information content (AvgIpc) is 2.26. The topological polar surface area (TPSA) is 25.9 Å². The van der Waals surface area contributed by atoms with E-state index >= 15 is 0 Å². The van der Waals surface area contributed by atoms with Crippen LogP contribution in [-0.4, -0.2) is 4.57 Å². The Labute approximate surface area is 88.2 Å². The van der Waals surface area contributed by atoms with Gasteiger partial charge in [0.2, 0.25) is 0 Å². The Kier molecular flexibility index (Phi) is 2.63. The summed E-state index contributed by atoms with van der Waals surface area (Å²) >= 11 is 0. The first kappa shape index (κ1) is 9.65. The molecular formula is C12H13N2O+. The second-order valence-corrected chi connectivity index (χ2v) is 3.50. The molecule has 0 saturated heterocycles. The Morgan fingerprint density at radius 1 is 1.20 bits per heavy atom. The first-order valence-electron chi connectivity index (χ1n) is 4.86. The maximum absolute atomic E-state index is 11.7. The van der Waals surface area contributed by atoms with Gasteiger partial charge in [-0.3, -0.25) is 0 Å². The van der Waals surface area contributed by atoms with Gasteiger partial charge in [0.15, 0.2) is 0 Å². The Bertz CT molecular complexity index is 503. The maximum Gasteiger partial charge on any atom is 0.497 e. The molecule has 0 aliphatic carbocycles. The molecule has 0 aliphatic rings. The van der Waals surface area contributed by atoms with Crippen LogP contribution in [-0.2, 0) is 13.6 Å². The molecule has 0 fully saturated rings. The van der Waals surface area contributed by atoms with Crippen LogP contribution < -0.4 is 10.3 Å². The largest absolute Gasteiger partial charge is 0.497 e. The third kappa shape index (κ3) is 2.13. The van der Waals surface area contributed by atoms with Gasteiger partial charge >= 0.3 is 5.69 Å². The van der Waals surface area contributed by atoms with Crippen molar-refractivity contribution in [3.8, 4) is 0 Å². The summed E-state index contributed by atoms with van der Waals surface area (Å²) < 4.78 is 3.26. The van der Waals surface area contributed by atoms with Gasteiger partial charge in [0.25, 0.3) is 0 Å². The molecule has 76 valence electrons. The second-order valence-electron chi connectivity index (χ2n) is 3.50. The Balaban J connectivity index is 2.33. The highest BCUT2D eigenvalue weighted by molar-refractivity contribution is 5.14. The van der Waals surface area contributed by atoms with E-state index in [-0.39, 0.29) is 5.69 Å². The fourth-order valence-corrected chi connectivity index (χ4v) is 1.50. The van der Waals surface area contributed by atoms with Crippen LogP contribution in [0.25, 0.3) is 0 Å². The zero-order chi connectivity index (χ0) is 10.7. The molecule has 0 N–H and O–H groups in total. The standard InChI is InChI=1S/C12H13N2O/c1-13-8-5-9-14(12(13)15)10-11-6-3-2-4-7-11/h2-9H,10H2,1H3/q+1. The number of hydrogen-bond acceptors (Lipinski definition) is 1. The number of benzene rings is 1. The lowest BCUT2D eigenvalue weighted by Crippen LogP contribution is -2.50. The van der Waals surface area contributed by atoms with Crippen LogP contribution in [0.15, 0.2) is 53.6 Å². The molecule has 2 aromatic rings. The molecule has 1 aromatic carbocycles. The number of hydrogen-bond donors (Lipinski definition) is 0. The molecule has 0 saturated carbocycles. The Morgan fingerprint density at radius 2 is 1.93 bits per heavy atom. The smallest absolute Gasteiger partial charge is 0.201 e. The quantitative estimate of drug-likeness (QED) is 0.657. The summed E-state index contributed by atoms with van der Waals surface area (Å²) in [4.78, 5) is 11.7. The van der Waals surface area contributed by atoms with E-state index in [0.717, 1.165) is 5.56 Å². The van der Waals surface area contributed by atoms with Crippen LogP contribution in [0.2, 0.25) is 0 Å². The van der Waals surface area contributed by atoms with Crippen molar-refractivity contribution in [2.45, 2.75) is 6.54 Å². The van der Waals surface area contributed by atoms with E-state index in [4.69, 9.17) is 0 Å². The van der Waals surface area contributed by atoms with Crippen LogP contribution in [0.3, 0.4) is 0 Å². The molecule has 2 rings (SSSR count). The zero-order valence-corrected chi connectivity index (χ0v) is 8.63. The molecule has 0 spiro atoms. The van der Waals surface area contributed by atoms with Gasteiger partial charge in [-0.25, -0.2) is 4.57 Å². The predicted octanol–water partition coefficient (Wildman–Crippen LogP) is 0.721. The SMILES string of the molecule is C[n+]1cccn(Cc2ccccc2)c1=O. The van der Waals surface area contributed by atoms with Crippen LogP contribution in [0.5, 0.6) is 0 Å². The molecule has 0 atom stereocenters. The summed E-state index contributed by atoms with van der Waals surface area (Å²) in [7, 11) is 1.75. The summed E-state index contributed by atoms with van der Waals surface area (Å²) in [6.07, 6.45) is 3.55. The minimum atomic E-state index is 0.00125. The predicted molar refractivity (Wildman–Crippen MR) is 57.4 cm³/mol. The molecule has 3 nitrogen and oxygen atoms in total. The molecular weight excluding hydrogens is 188 g/mol. The first-order valence-corrected chi connectivity index (χ1v) is 4.86. The summed E-state index contributed by atoms with van der Waals surface area (Å²) in [6, 6.07) is 11.8. The van der Waals surface area contributed by atoms with E-state index in [2.05, 4.69) is 0 Å². The van der Waals surface area contributed by atoms with E-state index in [9.17, 15) is 4.79 Å². The van der Waals surface area contributed by atoms with Crippen molar-refractivity contribution in [1.29, 1.82) is 0 Å². The Hall–Kier alpha value is -1.90. The lowest BCUT2D eigenvalue weighted by molar-refractivity contribution is -0.691. The molecule has 0 radical (unpaired) electrons. The molecule has 3 heteroatoms. The van der Waals surface area contributed by atoms with Gasteiger partial charge in [-0.1, -0.05) is 30.3 Å². The minimum absolute atomic E-state index is 0.00125. The molecule has 1 heterocycles. The van der Waals surface area contributed by atoms with Gasteiger partial charge in [0.05, 0.1) is 19.4 Å². The first-order chi connectivity index (χ1) is 7.27. The van der Waals surface area contributed by atoms with Crippen LogP contribution in [0, 0.1) is 0 Å². The van der Waals surface area contributed by atoms with Crippen molar-refractivity contribution in [3.63, 3.8) is 0 Å². The van der Waals surface area contributed by atoms with E-state index in [1.807, 2.05) is 36.4 Å². The van der Waals surface area contributed by atoms with E-state index in [1.54, 1.807) is 28.6 Å².